The molecular weight excluding hydrogens is 621 g/mol. The van der Waals surface area contributed by atoms with Crippen molar-refractivity contribution in [2.75, 3.05) is 13.1 Å². The molecule has 6 rings (SSSR count). The standard InChI is InChI=1S/C34H30F5N5O3/c35-26-10-4-8-22(23(26)16-40)17-42-14-12-33(13-15-42)30-29(20-47-33)43(18-24-25(34(37,38)39)9-5-11-27(24)36)32(46)44(31(30)45)19-28(41)21-6-2-1-3-7-21/h1-11,28H,12-15,17-20,41H2/t28-/m0/s1. The number of rotatable bonds is 7. The van der Waals surface area contributed by atoms with Gasteiger partial charge in [0.05, 0.1) is 42.1 Å². The van der Waals surface area contributed by atoms with Crippen molar-refractivity contribution in [3.8, 4) is 6.07 Å². The van der Waals surface area contributed by atoms with E-state index < -0.39 is 58.4 Å². The van der Waals surface area contributed by atoms with Gasteiger partial charge in [0.15, 0.2) is 0 Å². The zero-order valence-corrected chi connectivity index (χ0v) is 25.1. The van der Waals surface area contributed by atoms with E-state index in [2.05, 4.69) is 0 Å². The molecule has 0 aliphatic carbocycles. The molecule has 1 aromatic heterocycles. The number of fused-ring (bicyclic) bond motifs is 2. The molecular formula is C34H30F5N5O3. The van der Waals surface area contributed by atoms with Gasteiger partial charge in [0.25, 0.3) is 5.56 Å². The van der Waals surface area contributed by atoms with Crippen molar-refractivity contribution >= 4 is 0 Å². The Hall–Kier alpha value is -4.64. The van der Waals surface area contributed by atoms with Crippen LogP contribution in [-0.4, -0.2) is 27.1 Å². The molecule has 3 aromatic carbocycles. The topological polar surface area (TPSA) is 106 Å². The maximum Gasteiger partial charge on any atom is 0.416 e. The van der Waals surface area contributed by atoms with Crippen LogP contribution in [-0.2, 0) is 42.8 Å². The quantitative estimate of drug-likeness (QED) is 0.284. The Morgan fingerprint density at radius 1 is 0.915 bits per heavy atom. The summed E-state index contributed by atoms with van der Waals surface area (Å²) in [6, 6.07) is 16.8. The highest BCUT2D eigenvalue weighted by molar-refractivity contribution is 5.39. The van der Waals surface area contributed by atoms with Crippen LogP contribution in [0, 0.1) is 23.0 Å². The smallest absolute Gasteiger partial charge is 0.364 e. The Labute approximate surface area is 266 Å². The second-order valence-electron chi connectivity index (χ2n) is 11.8. The van der Waals surface area contributed by atoms with Gasteiger partial charge in [-0.05, 0) is 42.2 Å². The first-order valence-electron chi connectivity index (χ1n) is 15.0. The Bertz CT molecular complexity index is 1980. The van der Waals surface area contributed by atoms with E-state index in [0.717, 1.165) is 27.3 Å². The highest BCUT2D eigenvalue weighted by atomic mass is 19.4. The van der Waals surface area contributed by atoms with Gasteiger partial charge in [-0.1, -0.05) is 48.5 Å². The van der Waals surface area contributed by atoms with Gasteiger partial charge in [-0.15, -0.1) is 0 Å². The number of likely N-dealkylation sites (tertiary alicyclic amines) is 1. The number of benzene rings is 3. The summed E-state index contributed by atoms with van der Waals surface area (Å²) in [6.07, 6.45) is -4.36. The summed E-state index contributed by atoms with van der Waals surface area (Å²) in [6.45, 7) is -0.304. The third kappa shape index (κ3) is 6.00. The third-order valence-electron chi connectivity index (χ3n) is 9.09. The fourth-order valence-corrected chi connectivity index (χ4v) is 6.63. The van der Waals surface area contributed by atoms with E-state index in [1.54, 1.807) is 36.4 Å². The Morgan fingerprint density at radius 2 is 1.60 bits per heavy atom. The van der Waals surface area contributed by atoms with Crippen molar-refractivity contribution < 1.29 is 26.7 Å². The Balaban J connectivity index is 1.41. The fourth-order valence-electron chi connectivity index (χ4n) is 6.63. The average molecular weight is 652 g/mol. The summed E-state index contributed by atoms with van der Waals surface area (Å²) in [5.74, 6) is -1.77. The molecule has 244 valence electrons. The Kier molecular flexibility index (Phi) is 8.61. The molecule has 1 atom stereocenters. The highest BCUT2D eigenvalue weighted by Crippen LogP contribution is 2.43. The minimum Gasteiger partial charge on any atom is -0.364 e. The van der Waals surface area contributed by atoms with Gasteiger partial charge < -0.3 is 10.5 Å². The van der Waals surface area contributed by atoms with Crippen LogP contribution >= 0.6 is 0 Å². The van der Waals surface area contributed by atoms with Gasteiger partial charge in [-0.3, -0.25) is 18.8 Å². The molecule has 0 unspecified atom stereocenters. The van der Waals surface area contributed by atoms with E-state index in [4.69, 9.17) is 10.5 Å². The van der Waals surface area contributed by atoms with Crippen LogP contribution in [0.15, 0.2) is 76.3 Å². The van der Waals surface area contributed by atoms with Crippen molar-refractivity contribution in [2.45, 2.75) is 56.9 Å². The van der Waals surface area contributed by atoms with E-state index in [0.29, 0.717) is 24.2 Å². The van der Waals surface area contributed by atoms with Gasteiger partial charge >= 0.3 is 11.9 Å². The van der Waals surface area contributed by atoms with Crippen molar-refractivity contribution in [3.63, 3.8) is 0 Å². The number of nitrogens with two attached hydrogens (primary N) is 1. The lowest BCUT2D eigenvalue weighted by Crippen LogP contribution is -2.49. The molecule has 4 aromatic rings. The molecule has 0 amide bonds. The van der Waals surface area contributed by atoms with E-state index in [9.17, 15) is 32.4 Å². The molecule has 0 saturated carbocycles. The number of hydrogen-bond donors (Lipinski definition) is 1. The molecule has 3 heterocycles. The summed E-state index contributed by atoms with van der Waals surface area (Å²) >= 11 is 0. The lowest BCUT2D eigenvalue weighted by Gasteiger charge is -2.39. The molecule has 1 spiro atoms. The van der Waals surface area contributed by atoms with Gasteiger partial charge in [-0.2, -0.15) is 18.4 Å². The molecule has 0 radical (unpaired) electrons. The highest BCUT2D eigenvalue weighted by Gasteiger charge is 2.47. The number of halogens is 5. The van der Waals surface area contributed by atoms with E-state index >= 15 is 4.39 Å². The number of hydrogen-bond acceptors (Lipinski definition) is 6. The first-order chi connectivity index (χ1) is 22.4. The average Bonchev–Trinajstić information content (AvgIpc) is 3.41. The largest absolute Gasteiger partial charge is 0.416 e. The predicted octanol–water partition coefficient (Wildman–Crippen LogP) is 4.95. The maximum absolute atomic E-state index is 15.0. The van der Waals surface area contributed by atoms with Crippen LogP contribution in [0.1, 0.15) is 58.0 Å². The number of alkyl halides is 3. The zero-order chi connectivity index (χ0) is 33.5. The van der Waals surface area contributed by atoms with Crippen LogP contribution in [0.4, 0.5) is 22.0 Å². The van der Waals surface area contributed by atoms with Gasteiger partial charge in [0.2, 0.25) is 0 Å². The van der Waals surface area contributed by atoms with E-state index in [1.807, 2.05) is 11.0 Å². The second kappa shape index (κ2) is 12.5. The van der Waals surface area contributed by atoms with Crippen LogP contribution in [0.2, 0.25) is 0 Å². The fraction of sp³-hybridized carbons (Fsp3) is 0.324. The summed E-state index contributed by atoms with van der Waals surface area (Å²) in [7, 11) is 0. The van der Waals surface area contributed by atoms with E-state index in [-0.39, 0.29) is 49.4 Å². The summed E-state index contributed by atoms with van der Waals surface area (Å²) in [4.78, 5) is 30.1. The lowest BCUT2D eigenvalue weighted by molar-refractivity contribution is -0.138. The Morgan fingerprint density at radius 3 is 2.28 bits per heavy atom. The van der Waals surface area contributed by atoms with Crippen molar-refractivity contribution in [1.29, 1.82) is 5.26 Å². The minimum atomic E-state index is -4.90. The molecule has 2 aliphatic heterocycles. The van der Waals surface area contributed by atoms with Crippen LogP contribution in [0.25, 0.3) is 0 Å². The molecule has 2 N–H and O–H groups in total. The molecule has 0 bridgehead atoms. The zero-order valence-electron chi connectivity index (χ0n) is 25.1. The number of aromatic nitrogens is 2. The minimum absolute atomic E-state index is 0.0525. The van der Waals surface area contributed by atoms with E-state index in [1.165, 1.54) is 12.1 Å². The molecule has 1 fully saturated rings. The van der Waals surface area contributed by atoms with Gasteiger partial charge in [-0.25, -0.2) is 13.6 Å². The number of nitriles is 1. The lowest BCUT2D eigenvalue weighted by atomic mass is 9.85. The van der Waals surface area contributed by atoms with Crippen molar-refractivity contribution in [3.05, 3.63) is 138 Å². The number of piperidine rings is 1. The molecule has 47 heavy (non-hydrogen) atoms. The summed E-state index contributed by atoms with van der Waals surface area (Å²) in [5, 5.41) is 9.44. The normalized spacial score (nSPS) is 16.6. The number of ether oxygens (including phenoxy) is 1. The summed E-state index contributed by atoms with van der Waals surface area (Å²) < 4.78 is 79.3. The van der Waals surface area contributed by atoms with Gasteiger partial charge in [0.1, 0.15) is 23.3 Å². The predicted molar refractivity (Wildman–Crippen MR) is 161 cm³/mol. The number of nitrogens with zero attached hydrogens (tertiary/aromatic N) is 4. The molecule has 1 saturated heterocycles. The SMILES string of the molecule is N#Cc1c(F)cccc1CN1CCC2(CC1)OCc1c2c(=O)n(C[C@H](N)c2ccccc2)c(=O)n1Cc1c(F)cccc1C(F)(F)F. The maximum atomic E-state index is 15.0. The first kappa shape index (κ1) is 32.3. The molecule has 2 aliphatic rings. The van der Waals surface area contributed by atoms with Gasteiger partial charge in [0, 0.05) is 31.2 Å². The van der Waals surface area contributed by atoms with Crippen LogP contribution < -0.4 is 17.0 Å². The molecule has 8 nitrogen and oxygen atoms in total. The van der Waals surface area contributed by atoms with Crippen LogP contribution in [0.3, 0.4) is 0 Å². The second-order valence-corrected chi connectivity index (χ2v) is 11.8. The monoisotopic (exact) mass is 651 g/mol. The summed E-state index contributed by atoms with van der Waals surface area (Å²) in [5.41, 5.74) is 2.98. The van der Waals surface area contributed by atoms with Crippen molar-refractivity contribution in [2.24, 2.45) is 5.73 Å². The van der Waals surface area contributed by atoms with Crippen molar-refractivity contribution in [1.82, 2.24) is 14.0 Å². The molecule has 13 heteroatoms. The first-order valence-corrected chi connectivity index (χ1v) is 15.0. The third-order valence-corrected chi connectivity index (χ3v) is 9.09. The van der Waals surface area contributed by atoms with Crippen LogP contribution in [0.5, 0.6) is 0 Å².